The van der Waals surface area contributed by atoms with Gasteiger partial charge in [-0.1, -0.05) is 12.1 Å². The summed E-state index contributed by atoms with van der Waals surface area (Å²) in [5.74, 6) is 0.0297. The first-order valence-corrected chi connectivity index (χ1v) is 14.9. The molecule has 8 rings (SSSR count). The molecule has 7 unspecified atom stereocenters. The highest BCUT2D eigenvalue weighted by Crippen LogP contribution is 2.66. The van der Waals surface area contributed by atoms with Crippen LogP contribution in [0.25, 0.3) is 11.1 Å². The number of ether oxygens (including phenoxy) is 3. The molecule has 4 saturated carbocycles. The number of aromatic nitrogens is 2. The smallest absolute Gasteiger partial charge is 0.410 e. The molecule has 11 nitrogen and oxygen atoms in total. The van der Waals surface area contributed by atoms with Crippen LogP contribution in [0.15, 0.2) is 36.7 Å². The van der Waals surface area contributed by atoms with Crippen LogP contribution in [0.2, 0.25) is 0 Å². The van der Waals surface area contributed by atoms with Gasteiger partial charge in [-0.2, -0.15) is 0 Å². The summed E-state index contributed by atoms with van der Waals surface area (Å²) < 4.78 is 17.6. The Hall–Kier alpha value is -3.89. The van der Waals surface area contributed by atoms with Crippen molar-refractivity contribution in [2.75, 3.05) is 7.11 Å². The molecule has 42 heavy (non-hydrogen) atoms. The third-order valence-corrected chi connectivity index (χ3v) is 10.7. The number of methoxy groups -OCH3 is 1. The first-order chi connectivity index (χ1) is 20.2. The number of hydrogen-bond acceptors (Lipinski definition) is 8. The second-order valence-electron chi connectivity index (χ2n) is 13.1. The fourth-order valence-electron chi connectivity index (χ4n) is 9.10. The molecule has 1 aromatic heterocycles. The molecule has 7 atom stereocenters. The number of benzene rings is 1. The maximum absolute atomic E-state index is 13.7. The van der Waals surface area contributed by atoms with Crippen LogP contribution in [-0.2, 0) is 14.3 Å². The van der Waals surface area contributed by atoms with Crippen molar-refractivity contribution in [1.29, 1.82) is 0 Å². The van der Waals surface area contributed by atoms with Gasteiger partial charge in [0.2, 0.25) is 11.8 Å². The molecule has 2 aliphatic heterocycles. The van der Waals surface area contributed by atoms with E-state index in [0.29, 0.717) is 38.1 Å². The highest BCUT2D eigenvalue weighted by Gasteiger charge is 2.68. The third kappa shape index (κ3) is 4.27. The Morgan fingerprint density at radius 3 is 2.21 bits per heavy atom. The van der Waals surface area contributed by atoms with Crippen LogP contribution in [0, 0.1) is 22.7 Å². The van der Waals surface area contributed by atoms with Gasteiger partial charge in [0.1, 0.15) is 18.0 Å². The Morgan fingerprint density at radius 1 is 0.905 bits per heavy atom. The molecule has 3 heterocycles. The minimum atomic E-state index is -1.04. The van der Waals surface area contributed by atoms with Gasteiger partial charge in [-0.3, -0.25) is 9.59 Å². The van der Waals surface area contributed by atoms with E-state index in [1.54, 1.807) is 19.5 Å². The minimum Gasteiger partial charge on any atom is -0.497 e. The van der Waals surface area contributed by atoms with Crippen LogP contribution in [0.5, 0.6) is 11.8 Å². The Kier molecular flexibility index (Phi) is 6.32. The van der Waals surface area contributed by atoms with E-state index in [-0.39, 0.29) is 42.4 Å². The number of nitrogens with zero attached hydrogens (tertiary/aromatic N) is 3. The average molecular weight is 576 g/mol. The second-order valence-corrected chi connectivity index (χ2v) is 13.1. The quantitative estimate of drug-likeness (QED) is 0.509. The van der Waals surface area contributed by atoms with Crippen LogP contribution < -0.4 is 20.9 Å². The largest absolute Gasteiger partial charge is 0.497 e. The third-order valence-electron chi connectivity index (χ3n) is 10.7. The van der Waals surface area contributed by atoms with Gasteiger partial charge in [-0.25, -0.2) is 14.8 Å². The zero-order chi connectivity index (χ0) is 29.2. The number of primary amides is 2. The van der Waals surface area contributed by atoms with Crippen molar-refractivity contribution in [1.82, 2.24) is 14.9 Å². The predicted octanol–water partition coefficient (Wildman–Crippen LogP) is 3.20. The summed E-state index contributed by atoms with van der Waals surface area (Å²) in [5.41, 5.74) is 11.9. The number of amides is 3. The number of piperidine rings is 1. The molecule has 3 amide bonds. The maximum Gasteiger partial charge on any atom is 0.410 e. The molecule has 0 spiro atoms. The zero-order valence-electron chi connectivity index (χ0n) is 23.7. The lowest BCUT2D eigenvalue weighted by atomic mass is 9.42. The topological polar surface area (TPSA) is 160 Å². The maximum atomic E-state index is 13.7. The molecular formula is C31H37N5O6. The van der Waals surface area contributed by atoms with Crippen LogP contribution in [-0.4, -0.2) is 64.2 Å². The molecule has 11 heteroatoms. The van der Waals surface area contributed by atoms with E-state index in [4.69, 9.17) is 25.7 Å². The summed E-state index contributed by atoms with van der Waals surface area (Å²) in [6.45, 7) is 0. The highest BCUT2D eigenvalue weighted by molar-refractivity contribution is 5.87. The molecule has 2 aromatic rings. The molecule has 0 radical (unpaired) electrons. The summed E-state index contributed by atoms with van der Waals surface area (Å²) >= 11 is 0. The van der Waals surface area contributed by atoms with Gasteiger partial charge < -0.3 is 30.6 Å². The molecule has 6 bridgehead atoms. The molecular weight excluding hydrogens is 538 g/mol. The van der Waals surface area contributed by atoms with Crippen LogP contribution >= 0.6 is 0 Å². The number of nitrogens with two attached hydrogens (primary N) is 2. The predicted molar refractivity (Wildman–Crippen MR) is 150 cm³/mol. The lowest BCUT2D eigenvalue weighted by Gasteiger charge is -2.62. The summed E-state index contributed by atoms with van der Waals surface area (Å²) in [7, 11) is 1.63. The lowest BCUT2D eigenvalue weighted by molar-refractivity contribution is -0.198. The fraction of sp³-hybridized carbons (Fsp3) is 0.581. The standard InChI is InChI=1S/C31H37N5O6/c1-40-23-6-2-18(3-7-23)20-14-34-28(35-15-20)41-24-9-21-4-5-22(10-24)36(21)29(39)42-25-19-8-17-11-30(13-19,26(32)37)16-31(25,12-17)27(33)38/h2-3,6-7,14-15,17,19,21-22,24-25H,4-5,8-13,16H2,1H3,(H2,32,37)(H2,33,38). The number of rotatable bonds is 7. The Balaban J connectivity index is 1.01. The monoisotopic (exact) mass is 575 g/mol. The normalized spacial score (nSPS) is 36.0. The van der Waals surface area contributed by atoms with Gasteiger partial charge in [0.05, 0.1) is 17.9 Å². The first-order valence-electron chi connectivity index (χ1n) is 14.9. The van der Waals surface area contributed by atoms with Crippen molar-refractivity contribution in [3.63, 3.8) is 0 Å². The first kappa shape index (κ1) is 27.0. The number of fused-ring (bicyclic) bond motifs is 2. The summed E-state index contributed by atoms with van der Waals surface area (Å²) in [6.07, 6.45) is 8.25. The van der Waals surface area contributed by atoms with Crippen LogP contribution in [0.3, 0.4) is 0 Å². The highest BCUT2D eigenvalue weighted by atomic mass is 16.6. The Bertz CT molecular complexity index is 1390. The van der Waals surface area contributed by atoms with Crippen molar-refractivity contribution in [2.24, 2.45) is 34.1 Å². The van der Waals surface area contributed by atoms with Crippen molar-refractivity contribution in [2.45, 2.75) is 82.1 Å². The SMILES string of the molecule is COc1ccc(-c2cnc(OC3CC4CCC(C3)N4C(=O)OC3C4CC5CC(C(N)=O)(C4)CC3(C(N)=O)C5)nc2)cc1. The molecule has 2 saturated heterocycles. The zero-order valence-corrected chi connectivity index (χ0v) is 23.7. The van der Waals surface area contributed by atoms with E-state index < -0.39 is 28.9 Å². The van der Waals surface area contributed by atoms with Gasteiger partial charge >= 0.3 is 12.1 Å². The second kappa shape index (κ2) is 9.84. The van der Waals surface area contributed by atoms with Crippen LogP contribution in [0.1, 0.15) is 57.8 Å². The average Bonchev–Trinajstić information content (AvgIpc) is 3.25. The summed E-state index contributed by atoms with van der Waals surface area (Å²) in [5, 5.41) is 0. The van der Waals surface area contributed by atoms with Crippen LogP contribution in [0.4, 0.5) is 4.79 Å². The molecule has 4 N–H and O–H groups in total. The van der Waals surface area contributed by atoms with E-state index in [1.165, 1.54) is 0 Å². The van der Waals surface area contributed by atoms with E-state index in [9.17, 15) is 14.4 Å². The molecule has 4 aliphatic carbocycles. The van der Waals surface area contributed by atoms with Gasteiger partial charge in [-0.15, -0.1) is 0 Å². The van der Waals surface area contributed by atoms with Gasteiger partial charge in [-0.05, 0) is 74.5 Å². The Morgan fingerprint density at radius 2 is 1.60 bits per heavy atom. The molecule has 6 aliphatic rings. The van der Waals surface area contributed by atoms with Crippen molar-refractivity contribution in [3.05, 3.63) is 36.7 Å². The lowest BCUT2D eigenvalue weighted by Crippen LogP contribution is -2.68. The number of hydrogen-bond donors (Lipinski definition) is 2. The molecule has 6 fully saturated rings. The number of carbonyl (C=O) groups excluding carboxylic acids is 3. The molecule has 222 valence electrons. The van der Waals surface area contributed by atoms with Crippen molar-refractivity contribution < 1.29 is 28.6 Å². The molecule has 1 aromatic carbocycles. The van der Waals surface area contributed by atoms with E-state index in [1.807, 2.05) is 29.2 Å². The van der Waals surface area contributed by atoms with E-state index >= 15 is 0 Å². The number of carbonyl (C=O) groups is 3. The van der Waals surface area contributed by atoms with Crippen molar-refractivity contribution >= 4 is 17.9 Å². The fourth-order valence-corrected chi connectivity index (χ4v) is 9.10. The Labute approximate surface area is 244 Å². The summed E-state index contributed by atoms with van der Waals surface area (Å²) in [6, 6.07) is 7.94. The van der Waals surface area contributed by atoms with Gasteiger partial charge in [0.25, 0.3) is 0 Å². The van der Waals surface area contributed by atoms with Gasteiger partial charge in [0.15, 0.2) is 0 Å². The van der Waals surface area contributed by atoms with E-state index in [0.717, 1.165) is 36.1 Å². The van der Waals surface area contributed by atoms with E-state index in [2.05, 4.69) is 9.97 Å². The van der Waals surface area contributed by atoms with Gasteiger partial charge in [0, 0.05) is 42.9 Å². The minimum absolute atomic E-state index is 0.0295. The summed E-state index contributed by atoms with van der Waals surface area (Å²) in [4.78, 5) is 49.8. The van der Waals surface area contributed by atoms with Crippen molar-refractivity contribution in [3.8, 4) is 22.9 Å².